The standard InChI is InChI=1S/C13H19N2O2P/c16-9-13-7-6-12(8-15(13)18)14-17-10-11-4-2-1-3-5-11/h1-5,9,12-14H,6-8,10,18H2/t12-,13+/m1/s1. The van der Waals surface area contributed by atoms with Crippen molar-refractivity contribution in [3.63, 3.8) is 0 Å². The SMILES string of the molecule is O=C[C@@H]1CC[C@@H](NOCc2ccccc2)CN1P. The summed E-state index contributed by atoms with van der Waals surface area (Å²) in [5, 5.41) is 0. The van der Waals surface area contributed by atoms with Crippen LogP contribution in [0.1, 0.15) is 18.4 Å². The van der Waals surface area contributed by atoms with Gasteiger partial charge in [-0.05, 0) is 18.4 Å². The number of hydrogen-bond donors (Lipinski definition) is 1. The van der Waals surface area contributed by atoms with E-state index in [1.54, 1.807) is 0 Å². The van der Waals surface area contributed by atoms with Crippen molar-refractivity contribution in [2.24, 2.45) is 0 Å². The smallest absolute Gasteiger partial charge is 0.137 e. The number of hydrogen-bond acceptors (Lipinski definition) is 4. The molecule has 1 fully saturated rings. The van der Waals surface area contributed by atoms with E-state index >= 15 is 0 Å². The molecule has 2 rings (SSSR count). The van der Waals surface area contributed by atoms with Gasteiger partial charge < -0.3 is 4.79 Å². The Kier molecular flexibility index (Phi) is 5.26. The molecule has 4 nitrogen and oxygen atoms in total. The van der Waals surface area contributed by atoms with Crippen LogP contribution < -0.4 is 5.48 Å². The monoisotopic (exact) mass is 266 g/mol. The molecular weight excluding hydrogens is 247 g/mol. The second-order valence-corrected chi connectivity index (χ2v) is 5.23. The first-order valence-electron chi connectivity index (χ1n) is 6.17. The first kappa shape index (κ1) is 13.6. The Bertz CT molecular complexity index is 375. The molecule has 0 aromatic heterocycles. The Morgan fingerprint density at radius 2 is 2.17 bits per heavy atom. The average Bonchev–Trinajstić information content (AvgIpc) is 2.40. The molecule has 0 bridgehead atoms. The van der Waals surface area contributed by atoms with Crippen molar-refractivity contribution in [2.45, 2.75) is 31.5 Å². The first-order valence-corrected chi connectivity index (χ1v) is 6.69. The van der Waals surface area contributed by atoms with Crippen LogP contribution in [-0.4, -0.2) is 29.6 Å². The minimum Gasteiger partial charge on any atom is -0.302 e. The summed E-state index contributed by atoms with van der Waals surface area (Å²) in [5.74, 6) is 0. The van der Waals surface area contributed by atoms with Crippen LogP contribution in [0.3, 0.4) is 0 Å². The number of benzene rings is 1. The number of piperidine rings is 1. The molecule has 5 heteroatoms. The molecule has 98 valence electrons. The van der Waals surface area contributed by atoms with E-state index in [0.29, 0.717) is 6.61 Å². The summed E-state index contributed by atoms with van der Waals surface area (Å²) in [5.41, 5.74) is 4.22. The summed E-state index contributed by atoms with van der Waals surface area (Å²) < 4.78 is 1.99. The second kappa shape index (κ2) is 6.95. The molecule has 0 amide bonds. The zero-order chi connectivity index (χ0) is 12.8. The number of hydroxylamine groups is 1. The van der Waals surface area contributed by atoms with Crippen LogP contribution in [0.2, 0.25) is 0 Å². The fourth-order valence-corrected chi connectivity index (χ4v) is 2.55. The topological polar surface area (TPSA) is 41.6 Å². The summed E-state index contributed by atoms with van der Waals surface area (Å²) in [6.45, 7) is 1.37. The zero-order valence-corrected chi connectivity index (χ0v) is 11.4. The van der Waals surface area contributed by atoms with Gasteiger partial charge in [0.15, 0.2) is 0 Å². The second-order valence-electron chi connectivity index (χ2n) is 4.57. The lowest BCUT2D eigenvalue weighted by atomic mass is 10.0. The number of carbonyl (C=O) groups is 1. The number of nitrogens with zero attached hydrogens (tertiary/aromatic N) is 1. The van der Waals surface area contributed by atoms with Gasteiger partial charge in [-0.3, -0.25) is 9.51 Å². The van der Waals surface area contributed by atoms with E-state index in [2.05, 4.69) is 14.9 Å². The van der Waals surface area contributed by atoms with E-state index in [1.807, 2.05) is 35.0 Å². The maximum absolute atomic E-state index is 10.8. The molecule has 0 spiro atoms. The Balaban J connectivity index is 1.70. The Hall–Kier alpha value is -0.800. The molecule has 0 aliphatic carbocycles. The van der Waals surface area contributed by atoms with E-state index in [0.717, 1.165) is 31.2 Å². The van der Waals surface area contributed by atoms with Gasteiger partial charge >= 0.3 is 0 Å². The van der Waals surface area contributed by atoms with E-state index in [-0.39, 0.29) is 12.1 Å². The molecule has 1 aliphatic rings. The molecule has 1 saturated heterocycles. The van der Waals surface area contributed by atoms with Gasteiger partial charge in [0.2, 0.25) is 0 Å². The van der Waals surface area contributed by atoms with E-state index in [1.165, 1.54) is 0 Å². The van der Waals surface area contributed by atoms with Crippen molar-refractivity contribution >= 4 is 15.7 Å². The van der Waals surface area contributed by atoms with Gasteiger partial charge in [0, 0.05) is 12.6 Å². The lowest BCUT2D eigenvalue weighted by molar-refractivity contribution is -0.112. The van der Waals surface area contributed by atoms with Crippen molar-refractivity contribution in [3.05, 3.63) is 35.9 Å². The molecule has 3 atom stereocenters. The van der Waals surface area contributed by atoms with Crippen LogP contribution in [0.15, 0.2) is 30.3 Å². The predicted molar refractivity (Wildman–Crippen MR) is 73.7 cm³/mol. The van der Waals surface area contributed by atoms with Crippen LogP contribution >= 0.6 is 9.39 Å². The van der Waals surface area contributed by atoms with Crippen molar-refractivity contribution in [1.29, 1.82) is 0 Å². The van der Waals surface area contributed by atoms with E-state index in [9.17, 15) is 4.79 Å². The summed E-state index contributed by atoms with van der Waals surface area (Å²) in [4.78, 5) is 16.3. The van der Waals surface area contributed by atoms with Crippen LogP contribution in [0.4, 0.5) is 0 Å². The fourth-order valence-electron chi connectivity index (χ4n) is 2.08. The van der Waals surface area contributed by atoms with Crippen LogP contribution in [0, 0.1) is 0 Å². The van der Waals surface area contributed by atoms with Gasteiger partial charge in [-0.2, -0.15) is 5.48 Å². The molecule has 0 radical (unpaired) electrons. The quantitative estimate of drug-likeness (QED) is 0.498. The zero-order valence-electron chi connectivity index (χ0n) is 10.3. The van der Waals surface area contributed by atoms with Gasteiger partial charge in [0.05, 0.1) is 12.6 Å². The molecule has 1 heterocycles. The predicted octanol–water partition coefficient (Wildman–Crippen LogP) is 1.53. The molecule has 1 unspecified atom stereocenters. The normalized spacial score (nSPS) is 24.9. The van der Waals surface area contributed by atoms with Gasteiger partial charge in [-0.15, -0.1) is 0 Å². The van der Waals surface area contributed by atoms with Gasteiger partial charge in [0.25, 0.3) is 0 Å². The summed E-state index contributed by atoms with van der Waals surface area (Å²) in [6, 6.07) is 10.4. The highest BCUT2D eigenvalue weighted by Crippen LogP contribution is 2.19. The summed E-state index contributed by atoms with van der Waals surface area (Å²) in [7, 11) is 2.61. The lowest BCUT2D eigenvalue weighted by Gasteiger charge is -2.33. The molecule has 1 aromatic rings. The third-order valence-corrected chi connectivity index (χ3v) is 3.75. The molecular formula is C13H19N2O2P. The highest BCUT2D eigenvalue weighted by atomic mass is 31.0. The van der Waals surface area contributed by atoms with Gasteiger partial charge in [-0.1, -0.05) is 39.7 Å². The van der Waals surface area contributed by atoms with Crippen molar-refractivity contribution in [2.75, 3.05) is 6.54 Å². The fraction of sp³-hybridized carbons (Fsp3) is 0.462. The lowest BCUT2D eigenvalue weighted by Crippen LogP contribution is -2.46. The molecule has 1 aromatic carbocycles. The molecule has 1 N–H and O–H groups in total. The maximum Gasteiger partial charge on any atom is 0.137 e. The largest absolute Gasteiger partial charge is 0.302 e. The Morgan fingerprint density at radius 3 is 2.83 bits per heavy atom. The third kappa shape index (κ3) is 3.85. The van der Waals surface area contributed by atoms with E-state index < -0.39 is 0 Å². The number of rotatable bonds is 5. The highest BCUT2D eigenvalue weighted by molar-refractivity contribution is 7.13. The number of aldehydes is 1. The number of carbonyl (C=O) groups excluding carboxylic acids is 1. The van der Waals surface area contributed by atoms with Crippen molar-refractivity contribution < 1.29 is 9.63 Å². The molecule has 0 saturated carbocycles. The van der Waals surface area contributed by atoms with E-state index in [4.69, 9.17) is 4.84 Å². The van der Waals surface area contributed by atoms with Crippen molar-refractivity contribution in [1.82, 2.24) is 10.2 Å². The van der Waals surface area contributed by atoms with Crippen LogP contribution in [0.25, 0.3) is 0 Å². The summed E-state index contributed by atoms with van der Waals surface area (Å²) in [6.07, 6.45) is 2.84. The van der Waals surface area contributed by atoms with Gasteiger partial charge in [0.1, 0.15) is 6.29 Å². The highest BCUT2D eigenvalue weighted by Gasteiger charge is 2.25. The Labute approximate surface area is 110 Å². The first-order chi connectivity index (χ1) is 8.79. The number of nitrogens with one attached hydrogen (secondary N) is 1. The summed E-state index contributed by atoms with van der Waals surface area (Å²) >= 11 is 0. The van der Waals surface area contributed by atoms with Crippen LogP contribution in [0.5, 0.6) is 0 Å². The molecule has 1 aliphatic heterocycles. The molecule has 18 heavy (non-hydrogen) atoms. The minimum absolute atomic E-state index is 0.0298. The van der Waals surface area contributed by atoms with Crippen LogP contribution in [-0.2, 0) is 16.2 Å². The Morgan fingerprint density at radius 1 is 1.39 bits per heavy atom. The third-order valence-electron chi connectivity index (χ3n) is 3.16. The average molecular weight is 266 g/mol. The van der Waals surface area contributed by atoms with Crippen molar-refractivity contribution in [3.8, 4) is 0 Å². The maximum atomic E-state index is 10.8. The van der Waals surface area contributed by atoms with Gasteiger partial charge in [-0.25, -0.2) is 0 Å². The minimum atomic E-state index is 0.0298.